The molecule has 1 N–H and O–H groups in total. The molecule has 1 aromatic carbocycles. The Morgan fingerprint density at radius 2 is 1.93 bits per heavy atom. The van der Waals surface area contributed by atoms with Gasteiger partial charge in [-0.2, -0.15) is 0 Å². The number of carbonyl (C=O) groups is 1. The van der Waals surface area contributed by atoms with Gasteiger partial charge in [0.15, 0.2) is 11.5 Å². The van der Waals surface area contributed by atoms with Crippen LogP contribution in [0.3, 0.4) is 0 Å². The summed E-state index contributed by atoms with van der Waals surface area (Å²) < 4.78 is 16.8. The molecule has 0 aromatic heterocycles. The van der Waals surface area contributed by atoms with E-state index >= 15 is 0 Å². The Hall–Kier alpha value is -1.50. The molecule has 1 fully saturated rings. The molecule has 0 spiro atoms. The van der Waals surface area contributed by atoms with Gasteiger partial charge in [0.05, 0.1) is 37.9 Å². The second-order valence-electron chi connectivity index (χ2n) is 7.40. The fourth-order valence-corrected chi connectivity index (χ4v) is 3.84. The molecule has 2 aliphatic heterocycles. The zero-order chi connectivity index (χ0) is 19.2. The van der Waals surface area contributed by atoms with E-state index in [-0.39, 0.29) is 12.3 Å². The van der Waals surface area contributed by atoms with Crippen LogP contribution in [0.2, 0.25) is 5.02 Å². The van der Waals surface area contributed by atoms with E-state index in [2.05, 4.69) is 24.1 Å². The van der Waals surface area contributed by atoms with Crippen molar-refractivity contribution < 1.29 is 19.0 Å². The van der Waals surface area contributed by atoms with Gasteiger partial charge in [-0.05, 0) is 23.6 Å². The van der Waals surface area contributed by atoms with Gasteiger partial charge in [0.2, 0.25) is 5.91 Å². The standard InChI is InChI=1S/C20H29ClN2O4/c1-14(2)17(23-4-8-25-9-5-23)13-22-19(24)12-15-10-16(21)20-18(11-15)26-6-3-7-27-20/h10-11,14,17H,3-9,12-13H2,1-2H3,(H,22,24). The van der Waals surface area contributed by atoms with Gasteiger partial charge in [-0.25, -0.2) is 0 Å². The lowest BCUT2D eigenvalue weighted by molar-refractivity contribution is -0.120. The predicted octanol–water partition coefficient (Wildman–Crippen LogP) is 2.52. The van der Waals surface area contributed by atoms with Crippen molar-refractivity contribution in [3.05, 3.63) is 22.7 Å². The number of fused-ring (bicyclic) bond motifs is 1. The Bertz CT molecular complexity index is 647. The largest absolute Gasteiger partial charge is 0.489 e. The molecule has 1 saturated heterocycles. The minimum absolute atomic E-state index is 0.0144. The monoisotopic (exact) mass is 396 g/mol. The first-order chi connectivity index (χ1) is 13.0. The first kappa shape index (κ1) is 20.2. The summed E-state index contributed by atoms with van der Waals surface area (Å²) in [5.41, 5.74) is 0.828. The van der Waals surface area contributed by atoms with E-state index in [1.54, 1.807) is 6.07 Å². The van der Waals surface area contributed by atoms with Crippen molar-refractivity contribution in [2.75, 3.05) is 46.1 Å². The van der Waals surface area contributed by atoms with E-state index in [4.69, 9.17) is 25.8 Å². The Kier molecular flexibility index (Phi) is 7.21. The van der Waals surface area contributed by atoms with Crippen LogP contribution in [0, 0.1) is 5.92 Å². The highest BCUT2D eigenvalue weighted by Crippen LogP contribution is 2.38. The summed E-state index contributed by atoms with van der Waals surface area (Å²) >= 11 is 6.32. The molecule has 150 valence electrons. The van der Waals surface area contributed by atoms with Crippen molar-refractivity contribution in [3.63, 3.8) is 0 Å². The van der Waals surface area contributed by atoms with E-state index in [1.807, 2.05) is 6.07 Å². The normalized spacial score (nSPS) is 18.8. The summed E-state index contributed by atoms with van der Waals surface area (Å²) in [5.74, 6) is 1.64. The first-order valence-electron chi connectivity index (χ1n) is 9.71. The Balaban J connectivity index is 1.58. The maximum absolute atomic E-state index is 12.5. The second kappa shape index (κ2) is 9.62. The number of amides is 1. The van der Waals surface area contributed by atoms with Crippen LogP contribution in [0.5, 0.6) is 11.5 Å². The number of rotatable bonds is 6. The fourth-order valence-electron chi connectivity index (χ4n) is 3.55. The Labute approximate surface area is 166 Å². The van der Waals surface area contributed by atoms with Crippen molar-refractivity contribution in [2.45, 2.75) is 32.7 Å². The van der Waals surface area contributed by atoms with Gasteiger partial charge in [-0.3, -0.25) is 9.69 Å². The molecule has 3 rings (SSSR count). The zero-order valence-corrected chi connectivity index (χ0v) is 16.9. The number of benzene rings is 1. The van der Waals surface area contributed by atoms with Crippen LogP contribution in [0.1, 0.15) is 25.8 Å². The van der Waals surface area contributed by atoms with Gasteiger partial charge in [0.1, 0.15) is 0 Å². The Morgan fingerprint density at radius 1 is 1.19 bits per heavy atom. The van der Waals surface area contributed by atoms with Crippen LogP contribution in [0.25, 0.3) is 0 Å². The summed E-state index contributed by atoms with van der Waals surface area (Å²) in [7, 11) is 0. The molecule has 6 nitrogen and oxygen atoms in total. The van der Waals surface area contributed by atoms with E-state index in [0.717, 1.165) is 38.3 Å². The molecule has 1 unspecified atom stereocenters. The summed E-state index contributed by atoms with van der Waals surface area (Å²) in [5, 5.41) is 3.58. The number of hydrogen-bond donors (Lipinski definition) is 1. The SMILES string of the molecule is CC(C)C(CNC(=O)Cc1cc(Cl)c2c(c1)OCCCO2)N1CCOCC1. The molecule has 1 aromatic rings. The number of halogens is 1. The third-order valence-corrected chi connectivity index (χ3v) is 5.30. The molecule has 2 aliphatic rings. The quantitative estimate of drug-likeness (QED) is 0.800. The fraction of sp³-hybridized carbons (Fsp3) is 0.650. The third-order valence-electron chi connectivity index (χ3n) is 5.02. The average molecular weight is 397 g/mol. The van der Waals surface area contributed by atoms with Gasteiger partial charge >= 0.3 is 0 Å². The smallest absolute Gasteiger partial charge is 0.224 e. The van der Waals surface area contributed by atoms with Gasteiger partial charge in [0, 0.05) is 32.1 Å². The molecule has 1 amide bonds. The van der Waals surface area contributed by atoms with Crippen LogP contribution in [0.4, 0.5) is 0 Å². The van der Waals surface area contributed by atoms with Gasteiger partial charge in [0.25, 0.3) is 0 Å². The lowest BCUT2D eigenvalue weighted by Gasteiger charge is -2.36. The number of morpholine rings is 1. The topological polar surface area (TPSA) is 60.0 Å². The number of ether oxygens (including phenoxy) is 3. The molecule has 7 heteroatoms. The maximum atomic E-state index is 12.5. The van der Waals surface area contributed by atoms with Crippen molar-refractivity contribution in [1.29, 1.82) is 0 Å². The van der Waals surface area contributed by atoms with E-state index in [0.29, 0.717) is 48.2 Å². The summed E-state index contributed by atoms with van der Waals surface area (Å²) in [6.45, 7) is 9.53. The number of nitrogens with one attached hydrogen (secondary N) is 1. The van der Waals surface area contributed by atoms with Crippen LogP contribution in [0.15, 0.2) is 12.1 Å². The second-order valence-corrected chi connectivity index (χ2v) is 7.80. The van der Waals surface area contributed by atoms with Crippen molar-refractivity contribution in [2.24, 2.45) is 5.92 Å². The van der Waals surface area contributed by atoms with Crippen LogP contribution in [-0.4, -0.2) is 62.9 Å². The molecular formula is C20H29ClN2O4. The molecule has 0 saturated carbocycles. The van der Waals surface area contributed by atoms with Gasteiger partial charge < -0.3 is 19.5 Å². The minimum Gasteiger partial charge on any atom is -0.489 e. The third kappa shape index (κ3) is 5.50. The molecule has 27 heavy (non-hydrogen) atoms. The highest BCUT2D eigenvalue weighted by molar-refractivity contribution is 6.32. The number of carbonyl (C=O) groups excluding carboxylic acids is 1. The Morgan fingerprint density at radius 3 is 2.67 bits per heavy atom. The maximum Gasteiger partial charge on any atom is 0.224 e. The lowest BCUT2D eigenvalue weighted by Crippen LogP contribution is -2.51. The van der Waals surface area contributed by atoms with Crippen LogP contribution in [-0.2, 0) is 16.0 Å². The molecule has 2 heterocycles. The van der Waals surface area contributed by atoms with E-state index in [9.17, 15) is 4.79 Å². The minimum atomic E-state index is -0.0144. The molecule has 0 bridgehead atoms. The van der Waals surface area contributed by atoms with Gasteiger partial charge in [-0.15, -0.1) is 0 Å². The van der Waals surface area contributed by atoms with Crippen LogP contribution >= 0.6 is 11.6 Å². The molecule has 1 atom stereocenters. The van der Waals surface area contributed by atoms with Crippen LogP contribution < -0.4 is 14.8 Å². The molecule has 0 aliphatic carbocycles. The molecule has 0 radical (unpaired) electrons. The van der Waals surface area contributed by atoms with E-state index < -0.39 is 0 Å². The summed E-state index contributed by atoms with van der Waals surface area (Å²) in [6, 6.07) is 3.95. The number of hydrogen-bond acceptors (Lipinski definition) is 5. The highest BCUT2D eigenvalue weighted by atomic mass is 35.5. The highest BCUT2D eigenvalue weighted by Gasteiger charge is 2.24. The van der Waals surface area contributed by atoms with Crippen molar-refractivity contribution >= 4 is 17.5 Å². The average Bonchev–Trinajstić information content (AvgIpc) is 2.88. The number of nitrogens with zero attached hydrogens (tertiary/aromatic N) is 1. The predicted molar refractivity (Wildman–Crippen MR) is 105 cm³/mol. The lowest BCUT2D eigenvalue weighted by atomic mass is 10.0. The van der Waals surface area contributed by atoms with E-state index in [1.165, 1.54) is 0 Å². The van der Waals surface area contributed by atoms with Crippen molar-refractivity contribution in [1.82, 2.24) is 10.2 Å². The first-order valence-corrected chi connectivity index (χ1v) is 10.1. The summed E-state index contributed by atoms with van der Waals surface area (Å²) in [6.07, 6.45) is 1.09. The van der Waals surface area contributed by atoms with Crippen molar-refractivity contribution in [3.8, 4) is 11.5 Å². The molecular weight excluding hydrogens is 368 g/mol. The zero-order valence-electron chi connectivity index (χ0n) is 16.1. The van der Waals surface area contributed by atoms with Gasteiger partial charge in [-0.1, -0.05) is 25.4 Å². The summed E-state index contributed by atoms with van der Waals surface area (Å²) in [4.78, 5) is 14.9.